The normalized spacial score (nSPS) is 25.9. The van der Waals surface area contributed by atoms with E-state index in [-0.39, 0.29) is 11.8 Å². The Morgan fingerprint density at radius 3 is 2.86 bits per heavy atom. The third kappa shape index (κ3) is 1.57. The van der Waals surface area contributed by atoms with Crippen molar-refractivity contribution in [1.82, 2.24) is 0 Å². The van der Waals surface area contributed by atoms with Crippen LogP contribution in [0.1, 0.15) is 34.0 Å². The van der Waals surface area contributed by atoms with Gasteiger partial charge in [0.2, 0.25) is 0 Å². The summed E-state index contributed by atoms with van der Waals surface area (Å²) in [4.78, 5) is 13.2. The Bertz CT molecular complexity index is 783. The minimum Gasteiger partial charge on any atom is -0.381 e. The van der Waals surface area contributed by atoms with E-state index >= 15 is 0 Å². The van der Waals surface area contributed by atoms with Crippen LogP contribution in [0, 0.1) is 6.92 Å². The van der Waals surface area contributed by atoms with Crippen LogP contribution in [0.4, 0.5) is 5.69 Å². The topological polar surface area (TPSA) is 29.1 Å². The zero-order chi connectivity index (χ0) is 14.8. The minimum absolute atomic E-state index is 0.0907. The third-order valence-corrected chi connectivity index (χ3v) is 5.19. The van der Waals surface area contributed by atoms with Crippen LogP contribution >= 0.6 is 11.6 Å². The predicted octanol–water partition coefficient (Wildman–Crippen LogP) is 4.14. The number of halogens is 1. The Kier molecular flexibility index (Phi) is 2.52. The number of hydrogen-bond acceptors (Lipinski definition) is 2. The van der Waals surface area contributed by atoms with E-state index in [1.54, 1.807) is 0 Å². The first-order chi connectivity index (χ1) is 10.0. The number of carbonyl (C=O) groups is 1. The van der Waals surface area contributed by atoms with Gasteiger partial charge in [-0.2, -0.15) is 0 Å². The zero-order valence-electron chi connectivity index (χ0n) is 12.0. The van der Waals surface area contributed by atoms with Crippen molar-refractivity contribution in [2.45, 2.75) is 31.7 Å². The van der Waals surface area contributed by atoms with Crippen LogP contribution in [-0.4, -0.2) is 11.8 Å². The lowest BCUT2D eigenvalue weighted by molar-refractivity contribution is 0.0896. The van der Waals surface area contributed by atoms with Crippen molar-refractivity contribution in [3.63, 3.8) is 0 Å². The van der Waals surface area contributed by atoms with E-state index in [4.69, 9.17) is 11.6 Å². The lowest BCUT2D eigenvalue weighted by atomic mass is 9.73. The van der Waals surface area contributed by atoms with Crippen LogP contribution < -0.4 is 5.32 Å². The van der Waals surface area contributed by atoms with E-state index in [1.165, 1.54) is 5.56 Å². The molecule has 2 atom stereocenters. The minimum atomic E-state index is -0.478. The fourth-order valence-electron chi connectivity index (χ4n) is 3.85. The number of fused-ring (bicyclic) bond motifs is 3. The summed E-state index contributed by atoms with van der Waals surface area (Å²) < 4.78 is 0. The van der Waals surface area contributed by atoms with Crippen molar-refractivity contribution in [3.8, 4) is 0 Å². The second-order valence-electron chi connectivity index (χ2n) is 6.19. The van der Waals surface area contributed by atoms with Gasteiger partial charge in [0.05, 0.1) is 5.41 Å². The second kappa shape index (κ2) is 4.11. The Balaban J connectivity index is 1.95. The molecule has 1 spiro atoms. The highest BCUT2D eigenvalue weighted by Crippen LogP contribution is 2.50. The molecule has 4 rings (SSSR count). The van der Waals surface area contributed by atoms with Gasteiger partial charge in [-0.25, -0.2) is 0 Å². The Labute approximate surface area is 129 Å². The summed E-state index contributed by atoms with van der Waals surface area (Å²) in [6, 6.07) is 12.1. The number of Topliss-reactive ketones (excluding diaryl/α,β-unsaturated/α-hetero) is 1. The Hall–Kier alpha value is -1.80. The molecule has 1 aliphatic heterocycles. The van der Waals surface area contributed by atoms with Gasteiger partial charge in [-0.15, -0.1) is 0 Å². The third-order valence-electron chi connectivity index (χ3n) is 4.96. The van der Waals surface area contributed by atoms with E-state index in [9.17, 15) is 4.79 Å². The summed E-state index contributed by atoms with van der Waals surface area (Å²) in [5, 5.41) is 4.11. The molecule has 21 heavy (non-hydrogen) atoms. The smallest absolute Gasteiger partial charge is 0.176 e. The summed E-state index contributed by atoms with van der Waals surface area (Å²) in [7, 11) is 0. The molecular weight excluding hydrogens is 282 g/mol. The summed E-state index contributed by atoms with van der Waals surface area (Å²) in [5.74, 6) is 0.198. The molecule has 3 heteroatoms. The number of hydrogen-bond donors (Lipinski definition) is 1. The highest BCUT2D eigenvalue weighted by Gasteiger charge is 2.54. The lowest BCUT2D eigenvalue weighted by Gasteiger charge is -2.27. The van der Waals surface area contributed by atoms with Gasteiger partial charge < -0.3 is 5.32 Å². The van der Waals surface area contributed by atoms with Crippen LogP contribution in [0.5, 0.6) is 0 Å². The van der Waals surface area contributed by atoms with Crippen molar-refractivity contribution >= 4 is 23.1 Å². The van der Waals surface area contributed by atoms with Gasteiger partial charge >= 0.3 is 0 Å². The molecule has 1 heterocycles. The molecular formula is C18H16ClNO. The number of aryl methyl sites for hydroxylation is 1. The van der Waals surface area contributed by atoms with E-state index in [0.29, 0.717) is 5.02 Å². The lowest BCUT2D eigenvalue weighted by Crippen LogP contribution is -2.42. The molecule has 2 aromatic carbocycles. The second-order valence-corrected chi connectivity index (χ2v) is 6.63. The average Bonchev–Trinajstić information content (AvgIpc) is 2.89. The average molecular weight is 298 g/mol. The molecule has 2 nitrogen and oxygen atoms in total. The number of rotatable bonds is 0. The number of nitrogens with one attached hydrogen (secondary N) is 1. The van der Waals surface area contributed by atoms with Gasteiger partial charge in [0.15, 0.2) is 5.78 Å². The van der Waals surface area contributed by atoms with Crippen molar-refractivity contribution in [2.75, 3.05) is 5.32 Å². The molecule has 0 saturated carbocycles. The molecule has 2 aromatic rings. The molecule has 0 fully saturated rings. The standard InChI is InChI=1S/C18H16ClNO/c1-10-3-6-16-15(7-10)18(11(2)20-16)9-12-4-5-13(19)8-14(12)17(18)21/h3-8,11,20H,9H2,1-2H3/t11-,18+/m0/s1. The number of anilines is 1. The SMILES string of the molecule is Cc1ccc2c(c1)[C@@]1(Cc3ccc(Cl)cc3C1=O)[C@H](C)N2. The molecule has 2 aliphatic rings. The Morgan fingerprint density at radius 1 is 1.24 bits per heavy atom. The van der Waals surface area contributed by atoms with Gasteiger partial charge in [-0.1, -0.05) is 35.4 Å². The van der Waals surface area contributed by atoms with Crippen LogP contribution in [0.25, 0.3) is 0 Å². The number of carbonyl (C=O) groups excluding carboxylic acids is 1. The van der Waals surface area contributed by atoms with Crippen LogP contribution in [0.2, 0.25) is 5.02 Å². The highest BCUT2D eigenvalue weighted by atomic mass is 35.5. The molecule has 106 valence electrons. The van der Waals surface area contributed by atoms with Gasteiger partial charge in [-0.3, -0.25) is 4.79 Å². The maximum Gasteiger partial charge on any atom is 0.176 e. The van der Waals surface area contributed by atoms with E-state index in [1.807, 2.05) is 18.2 Å². The number of ketones is 1. The highest BCUT2D eigenvalue weighted by molar-refractivity contribution is 6.31. The first-order valence-corrected chi connectivity index (χ1v) is 7.61. The molecule has 0 aromatic heterocycles. The molecule has 0 unspecified atom stereocenters. The molecule has 0 saturated heterocycles. The summed E-state index contributed by atoms with van der Waals surface area (Å²) in [6.07, 6.45) is 0.753. The predicted molar refractivity (Wildman–Crippen MR) is 85.4 cm³/mol. The number of benzene rings is 2. The van der Waals surface area contributed by atoms with E-state index in [0.717, 1.165) is 28.8 Å². The summed E-state index contributed by atoms with van der Waals surface area (Å²) in [5.41, 5.74) is 4.81. The maximum absolute atomic E-state index is 13.2. The van der Waals surface area contributed by atoms with Crippen molar-refractivity contribution in [2.24, 2.45) is 0 Å². The molecule has 0 bridgehead atoms. The molecule has 0 radical (unpaired) electrons. The van der Waals surface area contributed by atoms with E-state index in [2.05, 4.69) is 37.4 Å². The largest absolute Gasteiger partial charge is 0.381 e. The monoisotopic (exact) mass is 297 g/mol. The van der Waals surface area contributed by atoms with Crippen LogP contribution in [-0.2, 0) is 11.8 Å². The van der Waals surface area contributed by atoms with Crippen LogP contribution in [0.3, 0.4) is 0 Å². The van der Waals surface area contributed by atoms with Crippen molar-refractivity contribution in [3.05, 3.63) is 63.7 Å². The zero-order valence-corrected chi connectivity index (χ0v) is 12.8. The molecule has 1 aliphatic carbocycles. The quantitative estimate of drug-likeness (QED) is 0.792. The summed E-state index contributed by atoms with van der Waals surface area (Å²) >= 11 is 6.08. The first kappa shape index (κ1) is 12.9. The van der Waals surface area contributed by atoms with Gasteiger partial charge in [-0.05, 0) is 49.6 Å². The van der Waals surface area contributed by atoms with Gasteiger partial charge in [0.1, 0.15) is 0 Å². The van der Waals surface area contributed by atoms with Gasteiger partial charge in [0, 0.05) is 22.3 Å². The Morgan fingerprint density at radius 2 is 2.05 bits per heavy atom. The van der Waals surface area contributed by atoms with Crippen molar-refractivity contribution < 1.29 is 4.79 Å². The molecule has 0 amide bonds. The fraction of sp³-hybridized carbons (Fsp3) is 0.278. The summed E-state index contributed by atoms with van der Waals surface area (Å²) in [6.45, 7) is 4.17. The fourth-order valence-corrected chi connectivity index (χ4v) is 4.02. The first-order valence-electron chi connectivity index (χ1n) is 7.23. The van der Waals surface area contributed by atoms with E-state index < -0.39 is 5.41 Å². The maximum atomic E-state index is 13.2. The van der Waals surface area contributed by atoms with Gasteiger partial charge in [0.25, 0.3) is 0 Å². The van der Waals surface area contributed by atoms with Crippen LogP contribution in [0.15, 0.2) is 36.4 Å². The van der Waals surface area contributed by atoms with Crippen molar-refractivity contribution in [1.29, 1.82) is 0 Å². The molecule has 1 N–H and O–H groups in total.